The standard InChI is InChI=1S/C10H11BrN2O/c1-14-10-3-2-7(11)6-8(10)9(13)4-5-12/h2-3,6,9H,4,13H2,1H3. The van der Waals surface area contributed by atoms with E-state index in [2.05, 4.69) is 15.9 Å². The molecule has 0 radical (unpaired) electrons. The quantitative estimate of drug-likeness (QED) is 0.901. The summed E-state index contributed by atoms with van der Waals surface area (Å²) in [7, 11) is 1.59. The van der Waals surface area contributed by atoms with Crippen LogP contribution in [0.5, 0.6) is 5.75 Å². The molecule has 0 amide bonds. The van der Waals surface area contributed by atoms with E-state index in [0.717, 1.165) is 15.8 Å². The second-order valence-corrected chi connectivity index (χ2v) is 3.77. The predicted octanol–water partition coefficient (Wildman–Crippen LogP) is 2.37. The highest BCUT2D eigenvalue weighted by atomic mass is 79.9. The zero-order valence-electron chi connectivity index (χ0n) is 7.83. The van der Waals surface area contributed by atoms with Gasteiger partial charge in [-0.05, 0) is 18.2 Å². The van der Waals surface area contributed by atoms with Gasteiger partial charge >= 0.3 is 0 Å². The molecule has 0 aliphatic carbocycles. The van der Waals surface area contributed by atoms with Gasteiger partial charge in [-0.3, -0.25) is 0 Å². The summed E-state index contributed by atoms with van der Waals surface area (Å²) in [5.74, 6) is 0.718. The number of nitrogens with two attached hydrogens (primary N) is 1. The molecule has 1 unspecified atom stereocenters. The zero-order valence-corrected chi connectivity index (χ0v) is 9.41. The molecule has 0 saturated heterocycles. The fourth-order valence-corrected chi connectivity index (χ4v) is 1.58. The van der Waals surface area contributed by atoms with E-state index in [9.17, 15) is 0 Å². The van der Waals surface area contributed by atoms with E-state index in [0.29, 0.717) is 0 Å². The average molecular weight is 255 g/mol. The third kappa shape index (κ3) is 2.47. The molecule has 1 aromatic rings. The normalized spacial score (nSPS) is 11.9. The molecule has 0 fully saturated rings. The summed E-state index contributed by atoms with van der Waals surface area (Å²) in [4.78, 5) is 0. The maximum absolute atomic E-state index is 8.55. The lowest BCUT2D eigenvalue weighted by Gasteiger charge is -2.13. The number of nitrogens with zero attached hydrogens (tertiary/aromatic N) is 1. The first kappa shape index (κ1) is 11.0. The predicted molar refractivity (Wildman–Crippen MR) is 57.9 cm³/mol. The minimum absolute atomic E-state index is 0.285. The van der Waals surface area contributed by atoms with Crippen LogP contribution in [0.3, 0.4) is 0 Å². The van der Waals surface area contributed by atoms with Crippen LogP contribution in [0.1, 0.15) is 18.0 Å². The van der Waals surface area contributed by atoms with Gasteiger partial charge in [-0.1, -0.05) is 15.9 Å². The Labute approximate surface area is 91.6 Å². The number of benzene rings is 1. The van der Waals surface area contributed by atoms with Gasteiger partial charge in [0.1, 0.15) is 5.75 Å². The van der Waals surface area contributed by atoms with Gasteiger partial charge in [-0.15, -0.1) is 0 Å². The van der Waals surface area contributed by atoms with Crippen LogP contribution in [-0.4, -0.2) is 7.11 Å². The van der Waals surface area contributed by atoms with Crippen molar-refractivity contribution in [1.82, 2.24) is 0 Å². The number of hydrogen-bond acceptors (Lipinski definition) is 3. The largest absolute Gasteiger partial charge is 0.496 e. The molecule has 0 aliphatic heterocycles. The topological polar surface area (TPSA) is 59.0 Å². The van der Waals surface area contributed by atoms with E-state index in [1.807, 2.05) is 24.3 Å². The number of hydrogen-bond donors (Lipinski definition) is 1. The van der Waals surface area contributed by atoms with Crippen molar-refractivity contribution < 1.29 is 4.74 Å². The summed E-state index contributed by atoms with van der Waals surface area (Å²) in [6.07, 6.45) is 0.285. The third-order valence-electron chi connectivity index (χ3n) is 1.90. The van der Waals surface area contributed by atoms with E-state index in [1.165, 1.54) is 0 Å². The molecule has 4 heteroatoms. The number of methoxy groups -OCH3 is 1. The van der Waals surface area contributed by atoms with E-state index < -0.39 is 0 Å². The van der Waals surface area contributed by atoms with Crippen molar-refractivity contribution in [2.24, 2.45) is 5.73 Å². The maximum Gasteiger partial charge on any atom is 0.123 e. The number of ether oxygens (including phenoxy) is 1. The molecule has 0 heterocycles. The van der Waals surface area contributed by atoms with Gasteiger partial charge in [0.05, 0.1) is 19.6 Å². The van der Waals surface area contributed by atoms with E-state index in [4.69, 9.17) is 15.7 Å². The Bertz CT molecular complexity index is 360. The molecule has 0 bridgehead atoms. The lowest BCUT2D eigenvalue weighted by Crippen LogP contribution is -2.10. The molecule has 0 saturated carbocycles. The summed E-state index contributed by atoms with van der Waals surface area (Å²) < 4.78 is 6.09. The van der Waals surface area contributed by atoms with Crippen LogP contribution in [-0.2, 0) is 0 Å². The third-order valence-corrected chi connectivity index (χ3v) is 2.40. The van der Waals surface area contributed by atoms with Crippen molar-refractivity contribution >= 4 is 15.9 Å². The Hall–Kier alpha value is -1.05. The fourth-order valence-electron chi connectivity index (χ4n) is 1.20. The van der Waals surface area contributed by atoms with Crippen LogP contribution in [0.25, 0.3) is 0 Å². The van der Waals surface area contributed by atoms with Gasteiger partial charge in [0.15, 0.2) is 0 Å². The Morgan fingerprint density at radius 3 is 2.93 bits per heavy atom. The maximum atomic E-state index is 8.55. The Morgan fingerprint density at radius 2 is 2.36 bits per heavy atom. The van der Waals surface area contributed by atoms with E-state index >= 15 is 0 Å². The average Bonchev–Trinajstić information content (AvgIpc) is 2.18. The lowest BCUT2D eigenvalue weighted by atomic mass is 10.0. The molecule has 1 atom stereocenters. The van der Waals surface area contributed by atoms with Crippen LogP contribution >= 0.6 is 15.9 Å². The van der Waals surface area contributed by atoms with Crippen molar-refractivity contribution in [3.05, 3.63) is 28.2 Å². The van der Waals surface area contributed by atoms with Crippen molar-refractivity contribution in [3.63, 3.8) is 0 Å². The van der Waals surface area contributed by atoms with Crippen LogP contribution in [0.2, 0.25) is 0 Å². The van der Waals surface area contributed by atoms with Crippen molar-refractivity contribution in [2.45, 2.75) is 12.5 Å². The second kappa shape index (κ2) is 4.99. The fraction of sp³-hybridized carbons (Fsp3) is 0.300. The molecule has 0 spiro atoms. The van der Waals surface area contributed by atoms with Crippen LogP contribution in [0.4, 0.5) is 0 Å². The second-order valence-electron chi connectivity index (χ2n) is 2.86. The van der Waals surface area contributed by atoms with Crippen LogP contribution in [0.15, 0.2) is 22.7 Å². The number of nitriles is 1. The Balaban J connectivity index is 3.04. The highest BCUT2D eigenvalue weighted by Crippen LogP contribution is 2.28. The monoisotopic (exact) mass is 254 g/mol. The summed E-state index contributed by atoms with van der Waals surface area (Å²) >= 11 is 3.35. The van der Waals surface area contributed by atoms with E-state index in [-0.39, 0.29) is 12.5 Å². The van der Waals surface area contributed by atoms with Crippen LogP contribution in [0, 0.1) is 11.3 Å². The zero-order chi connectivity index (χ0) is 10.6. The Kier molecular flexibility index (Phi) is 3.93. The molecule has 2 N–H and O–H groups in total. The van der Waals surface area contributed by atoms with Gasteiger partial charge in [-0.25, -0.2) is 0 Å². The first-order chi connectivity index (χ1) is 6.69. The lowest BCUT2D eigenvalue weighted by molar-refractivity contribution is 0.406. The molecule has 3 nitrogen and oxygen atoms in total. The molecule has 1 rings (SSSR count). The first-order valence-electron chi connectivity index (χ1n) is 4.15. The van der Waals surface area contributed by atoms with Gasteiger partial charge in [0.2, 0.25) is 0 Å². The first-order valence-corrected chi connectivity index (χ1v) is 4.94. The Morgan fingerprint density at radius 1 is 1.64 bits per heavy atom. The molecule has 1 aromatic carbocycles. The molecule has 0 aliphatic rings. The van der Waals surface area contributed by atoms with Crippen molar-refractivity contribution in [3.8, 4) is 11.8 Å². The number of halogens is 1. The minimum atomic E-state index is -0.299. The van der Waals surface area contributed by atoms with Crippen molar-refractivity contribution in [2.75, 3.05) is 7.11 Å². The van der Waals surface area contributed by atoms with Crippen molar-refractivity contribution in [1.29, 1.82) is 5.26 Å². The molecule has 0 aromatic heterocycles. The highest BCUT2D eigenvalue weighted by molar-refractivity contribution is 9.10. The summed E-state index contributed by atoms with van der Waals surface area (Å²) in [5.41, 5.74) is 6.68. The van der Waals surface area contributed by atoms with Crippen LogP contribution < -0.4 is 10.5 Å². The number of rotatable bonds is 3. The minimum Gasteiger partial charge on any atom is -0.496 e. The molecule has 74 valence electrons. The van der Waals surface area contributed by atoms with Gasteiger partial charge < -0.3 is 10.5 Å². The summed E-state index contributed by atoms with van der Waals surface area (Å²) in [6.45, 7) is 0. The van der Waals surface area contributed by atoms with Gasteiger partial charge in [-0.2, -0.15) is 5.26 Å². The molecule has 14 heavy (non-hydrogen) atoms. The van der Waals surface area contributed by atoms with Gasteiger partial charge in [0, 0.05) is 16.1 Å². The highest BCUT2D eigenvalue weighted by Gasteiger charge is 2.11. The smallest absolute Gasteiger partial charge is 0.123 e. The molecular formula is C10H11BrN2O. The summed E-state index contributed by atoms with van der Waals surface area (Å²) in [5, 5.41) is 8.55. The summed E-state index contributed by atoms with van der Waals surface area (Å²) in [6, 6.07) is 7.32. The molecular weight excluding hydrogens is 244 g/mol. The van der Waals surface area contributed by atoms with Gasteiger partial charge in [0.25, 0.3) is 0 Å². The van der Waals surface area contributed by atoms with E-state index in [1.54, 1.807) is 7.11 Å². The SMILES string of the molecule is COc1ccc(Br)cc1C(N)CC#N.